The molecule has 0 radical (unpaired) electrons. The normalized spacial score (nSPS) is 19.0. The molecule has 2 aromatic carbocycles. The lowest BCUT2D eigenvalue weighted by molar-refractivity contribution is 0.190. The van der Waals surface area contributed by atoms with Crippen LogP contribution in [-0.4, -0.2) is 47.7 Å². The van der Waals surface area contributed by atoms with Crippen molar-refractivity contribution >= 4 is 16.5 Å². The second-order valence-corrected chi connectivity index (χ2v) is 9.72. The zero-order valence-electron chi connectivity index (χ0n) is 19.6. The Balaban J connectivity index is 1.43. The zero-order chi connectivity index (χ0) is 22.1. The molecule has 0 bridgehead atoms. The Hall–Kier alpha value is -2.66. The van der Waals surface area contributed by atoms with E-state index in [9.17, 15) is 0 Å². The predicted molar refractivity (Wildman–Crippen MR) is 130 cm³/mol. The van der Waals surface area contributed by atoms with E-state index in [-0.39, 0.29) is 0 Å². The van der Waals surface area contributed by atoms with Crippen molar-refractivity contribution in [1.29, 1.82) is 0 Å². The van der Waals surface area contributed by atoms with Crippen molar-refractivity contribution in [2.24, 2.45) is 5.92 Å². The van der Waals surface area contributed by atoms with Gasteiger partial charge >= 0.3 is 0 Å². The quantitative estimate of drug-likeness (QED) is 0.558. The van der Waals surface area contributed by atoms with Gasteiger partial charge in [0.05, 0.1) is 17.9 Å². The van der Waals surface area contributed by atoms with Crippen molar-refractivity contribution in [3.8, 4) is 5.88 Å². The molecule has 0 saturated carbocycles. The monoisotopic (exact) mass is 430 g/mol. The minimum Gasteiger partial charge on any atom is -0.475 e. The van der Waals surface area contributed by atoms with Crippen LogP contribution in [0.2, 0.25) is 0 Å². The van der Waals surface area contributed by atoms with E-state index in [1.165, 1.54) is 29.3 Å². The highest BCUT2D eigenvalue weighted by atomic mass is 16.5. The Labute approximate surface area is 191 Å². The van der Waals surface area contributed by atoms with Crippen LogP contribution in [0.3, 0.4) is 0 Å². The molecule has 168 valence electrons. The number of ether oxygens (including phenoxy) is 1. The maximum absolute atomic E-state index is 6.34. The van der Waals surface area contributed by atoms with Crippen LogP contribution in [0.5, 0.6) is 5.88 Å². The van der Waals surface area contributed by atoms with Gasteiger partial charge in [-0.2, -0.15) is 0 Å². The van der Waals surface area contributed by atoms with E-state index in [2.05, 4.69) is 73.2 Å². The Morgan fingerprint density at radius 2 is 1.88 bits per heavy atom. The predicted octanol–water partition coefficient (Wildman–Crippen LogP) is 4.86. The number of fused-ring (bicyclic) bond motifs is 2. The highest BCUT2D eigenvalue weighted by Gasteiger charge is 2.26. The highest BCUT2D eigenvalue weighted by Crippen LogP contribution is 2.31. The van der Waals surface area contributed by atoms with Gasteiger partial charge in [-0.25, -0.2) is 4.98 Å². The first kappa shape index (κ1) is 21.2. The number of likely N-dealkylation sites (N-methyl/N-ethyl adjacent to an activating group) is 1. The van der Waals surface area contributed by atoms with E-state index in [0.29, 0.717) is 18.6 Å². The van der Waals surface area contributed by atoms with Gasteiger partial charge in [-0.3, -0.25) is 4.98 Å². The van der Waals surface area contributed by atoms with E-state index in [1.807, 2.05) is 0 Å². The van der Waals surface area contributed by atoms with Crippen molar-refractivity contribution in [2.45, 2.75) is 52.1 Å². The molecule has 32 heavy (non-hydrogen) atoms. The van der Waals surface area contributed by atoms with Crippen molar-refractivity contribution < 1.29 is 4.74 Å². The summed E-state index contributed by atoms with van der Waals surface area (Å²) >= 11 is 0. The molecule has 0 spiro atoms. The van der Waals surface area contributed by atoms with Crippen LogP contribution >= 0.6 is 0 Å². The third-order valence-corrected chi connectivity index (χ3v) is 6.84. The fraction of sp³-hybridized carbons (Fsp3) is 0.481. The summed E-state index contributed by atoms with van der Waals surface area (Å²) in [5.41, 5.74) is 4.50. The SMILES string of the molecule is CC(C)Cc1nc2c(nc1OC[C@H]1CCCN1C)CN(c1cccc3ccccc13)CC2. The number of nitrogens with zero attached hydrogens (tertiary/aromatic N) is 4. The van der Waals surface area contributed by atoms with Crippen molar-refractivity contribution in [3.63, 3.8) is 0 Å². The van der Waals surface area contributed by atoms with Crippen molar-refractivity contribution in [3.05, 3.63) is 59.5 Å². The summed E-state index contributed by atoms with van der Waals surface area (Å²) in [5, 5.41) is 2.57. The molecule has 2 aliphatic heterocycles. The standard InChI is InChI=1S/C27H34N4O/c1-19(2)16-24-27(32-18-21-10-7-14-30(21)3)29-25-17-31(15-13-23(25)28-24)26-12-6-9-20-8-4-5-11-22(20)26/h4-6,8-9,11-12,19,21H,7,10,13-18H2,1-3H3/t21-/m1/s1. The minimum atomic E-state index is 0.479. The van der Waals surface area contributed by atoms with Gasteiger partial charge in [0, 0.05) is 30.1 Å². The van der Waals surface area contributed by atoms with Gasteiger partial charge in [-0.15, -0.1) is 0 Å². The average molecular weight is 431 g/mol. The maximum Gasteiger partial charge on any atom is 0.236 e. The molecule has 1 atom stereocenters. The Morgan fingerprint density at radius 1 is 1.03 bits per heavy atom. The topological polar surface area (TPSA) is 41.5 Å². The molecule has 1 fully saturated rings. The summed E-state index contributed by atoms with van der Waals surface area (Å²) in [6.07, 6.45) is 4.27. The Kier molecular flexibility index (Phi) is 6.01. The van der Waals surface area contributed by atoms with Crippen molar-refractivity contribution in [2.75, 3.05) is 31.6 Å². The summed E-state index contributed by atoms with van der Waals surface area (Å²) in [5.74, 6) is 1.27. The molecule has 3 heterocycles. The second-order valence-electron chi connectivity index (χ2n) is 9.72. The minimum absolute atomic E-state index is 0.479. The molecule has 0 aliphatic carbocycles. The molecule has 0 unspecified atom stereocenters. The number of hydrogen-bond donors (Lipinski definition) is 0. The number of rotatable bonds is 6. The first-order valence-electron chi connectivity index (χ1n) is 12.0. The van der Waals surface area contributed by atoms with Crippen LogP contribution in [0.15, 0.2) is 42.5 Å². The molecule has 5 nitrogen and oxygen atoms in total. The number of likely N-dealkylation sites (tertiary alicyclic amines) is 1. The second kappa shape index (κ2) is 9.07. The largest absolute Gasteiger partial charge is 0.475 e. The van der Waals surface area contributed by atoms with E-state index < -0.39 is 0 Å². The van der Waals surface area contributed by atoms with Crippen LogP contribution in [0.4, 0.5) is 5.69 Å². The average Bonchev–Trinajstić information content (AvgIpc) is 3.21. The van der Waals surface area contributed by atoms with Gasteiger partial charge in [-0.05, 0) is 50.2 Å². The van der Waals surface area contributed by atoms with Crippen LogP contribution in [0, 0.1) is 5.92 Å². The number of benzene rings is 2. The van der Waals surface area contributed by atoms with Crippen LogP contribution in [0.1, 0.15) is 43.8 Å². The molecular formula is C27H34N4O. The van der Waals surface area contributed by atoms with Gasteiger partial charge in [0.1, 0.15) is 12.3 Å². The van der Waals surface area contributed by atoms with Crippen LogP contribution in [-0.2, 0) is 19.4 Å². The smallest absolute Gasteiger partial charge is 0.236 e. The van der Waals surface area contributed by atoms with Gasteiger partial charge in [-0.1, -0.05) is 50.2 Å². The number of hydrogen-bond acceptors (Lipinski definition) is 5. The summed E-state index contributed by atoms with van der Waals surface area (Å²) in [6.45, 7) is 8.06. The lowest BCUT2D eigenvalue weighted by Crippen LogP contribution is -2.33. The first-order chi connectivity index (χ1) is 15.6. The Bertz CT molecular complexity index is 1090. The molecule has 2 aliphatic rings. The number of anilines is 1. The van der Waals surface area contributed by atoms with Crippen LogP contribution in [0.25, 0.3) is 10.8 Å². The molecule has 5 heteroatoms. The van der Waals surface area contributed by atoms with Gasteiger partial charge in [0.25, 0.3) is 0 Å². The summed E-state index contributed by atoms with van der Waals surface area (Å²) in [6, 6.07) is 15.6. The molecule has 3 aromatic rings. The molecule has 1 saturated heterocycles. The summed E-state index contributed by atoms with van der Waals surface area (Å²) in [7, 11) is 2.19. The third-order valence-electron chi connectivity index (χ3n) is 6.84. The molecule has 0 N–H and O–H groups in total. The first-order valence-corrected chi connectivity index (χ1v) is 12.0. The summed E-state index contributed by atoms with van der Waals surface area (Å²) in [4.78, 5) is 15.0. The van der Waals surface area contributed by atoms with E-state index in [4.69, 9.17) is 14.7 Å². The maximum atomic E-state index is 6.34. The van der Waals surface area contributed by atoms with Crippen molar-refractivity contribution in [1.82, 2.24) is 14.9 Å². The lowest BCUT2D eigenvalue weighted by Gasteiger charge is -2.31. The number of aromatic nitrogens is 2. The molecular weight excluding hydrogens is 396 g/mol. The summed E-state index contributed by atoms with van der Waals surface area (Å²) < 4.78 is 6.34. The lowest BCUT2D eigenvalue weighted by atomic mass is 10.0. The van der Waals surface area contributed by atoms with Gasteiger partial charge in [0.15, 0.2) is 0 Å². The van der Waals surface area contributed by atoms with Crippen LogP contribution < -0.4 is 9.64 Å². The highest BCUT2D eigenvalue weighted by molar-refractivity contribution is 5.94. The molecule has 1 aromatic heterocycles. The van der Waals surface area contributed by atoms with E-state index in [0.717, 1.165) is 55.4 Å². The zero-order valence-corrected chi connectivity index (χ0v) is 19.6. The third kappa shape index (κ3) is 4.31. The van der Waals surface area contributed by atoms with E-state index in [1.54, 1.807) is 0 Å². The van der Waals surface area contributed by atoms with E-state index >= 15 is 0 Å². The molecule has 5 rings (SSSR count). The van der Waals surface area contributed by atoms with Gasteiger partial charge in [0.2, 0.25) is 5.88 Å². The fourth-order valence-electron chi connectivity index (χ4n) is 5.04. The Morgan fingerprint density at radius 3 is 2.69 bits per heavy atom. The fourth-order valence-corrected chi connectivity index (χ4v) is 5.04. The van der Waals surface area contributed by atoms with Gasteiger partial charge < -0.3 is 14.5 Å². The molecule has 0 amide bonds.